The third-order valence-electron chi connectivity index (χ3n) is 3.42. The molecule has 2 rings (SSSR count). The van der Waals surface area contributed by atoms with Gasteiger partial charge in [-0.15, -0.1) is 0 Å². The number of thioether (sulfide) groups is 1. The fraction of sp³-hybridized carbons (Fsp3) is 1.00. The molecule has 1 heterocycles. The second-order valence-electron chi connectivity index (χ2n) is 4.30. The van der Waals surface area contributed by atoms with Crippen LogP contribution in [0.3, 0.4) is 0 Å². The van der Waals surface area contributed by atoms with Crippen LogP contribution in [0.5, 0.6) is 0 Å². The molecule has 1 nitrogen and oxygen atoms in total. The van der Waals surface area contributed by atoms with Crippen molar-refractivity contribution in [1.82, 2.24) is 5.32 Å². The number of rotatable bonds is 2. The Morgan fingerprint density at radius 3 is 2.33 bits per heavy atom. The lowest BCUT2D eigenvalue weighted by molar-refractivity contribution is 0.209. The Balaban J connectivity index is 1.78. The molecule has 1 saturated carbocycles. The summed E-state index contributed by atoms with van der Waals surface area (Å²) in [7, 11) is 0. The third kappa shape index (κ3) is 1.64. The van der Waals surface area contributed by atoms with Crippen LogP contribution >= 0.6 is 11.8 Å². The Morgan fingerprint density at radius 1 is 1.08 bits per heavy atom. The minimum Gasteiger partial charge on any atom is -0.310 e. The first-order valence-corrected chi connectivity index (χ1v) is 6.20. The summed E-state index contributed by atoms with van der Waals surface area (Å²) >= 11 is 2.12. The van der Waals surface area contributed by atoms with E-state index in [0.717, 1.165) is 23.3 Å². The van der Waals surface area contributed by atoms with Gasteiger partial charge >= 0.3 is 0 Å². The van der Waals surface area contributed by atoms with Crippen LogP contribution < -0.4 is 5.32 Å². The quantitative estimate of drug-likeness (QED) is 0.708. The second-order valence-corrected chi connectivity index (χ2v) is 5.78. The Labute approximate surface area is 79.7 Å². The van der Waals surface area contributed by atoms with Gasteiger partial charge < -0.3 is 5.32 Å². The predicted molar refractivity (Wildman–Crippen MR) is 55.6 cm³/mol. The molecule has 0 aromatic rings. The number of hydrogen-bond donors (Lipinski definition) is 1. The molecule has 0 aromatic heterocycles. The topological polar surface area (TPSA) is 12.0 Å². The van der Waals surface area contributed by atoms with Gasteiger partial charge in [0.25, 0.3) is 0 Å². The Morgan fingerprint density at radius 2 is 1.92 bits per heavy atom. The average Bonchev–Trinajstić information content (AvgIpc) is 2.44. The molecule has 0 radical (unpaired) electrons. The first kappa shape index (κ1) is 8.89. The molecule has 2 fully saturated rings. The minimum absolute atomic E-state index is 0.808. The molecule has 12 heavy (non-hydrogen) atoms. The fourth-order valence-corrected chi connectivity index (χ4v) is 3.35. The van der Waals surface area contributed by atoms with Gasteiger partial charge in [0.1, 0.15) is 0 Å². The van der Waals surface area contributed by atoms with E-state index < -0.39 is 0 Å². The zero-order chi connectivity index (χ0) is 8.55. The standard InChI is InChI=1S/C10H19NS/c1-7-3-4-9(7)11-10-5-6-12-8(10)2/h7-11H,3-6H2,1-2H3. The van der Waals surface area contributed by atoms with Crippen molar-refractivity contribution in [3.05, 3.63) is 0 Å². The molecule has 2 heteroatoms. The highest BCUT2D eigenvalue weighted by Gasteiger charge is 2.32. The molecule has 4 atom stereocenters. The highest BCUT2D eigenvalue weighted by molar-refractivity contribution is 8.00. The van der Waals surface area contributed by atoms with Crippen molar-refractivity contribution in [2.24, 2.45) is 5.92 Å². The molecule has 1 saturated heterocycles. The largest absolute Gasteiger partial charge is 0.310 e. The Bertz CT molecular complexity index is 160. The average molecular weight is 185 g/mol. The molecule has 1 aliphatic carbocycles. The lowest BCUT2D eigenvalue weighted by Crippen LogP contribution is -2.49. The summed E-state index contributed by atoms with van der Waals surface area (Å²) in [5, 5.41) is 4.64. The van der Waals surface area contributed by atoms with Crippen LogP contribution in [0.15, 0.2) is 0 Å². The van der Waals surface area contributed by atoms with Gasteiger partial charge in [-0.2, -0.15) is 11.8 Å². The molecule has 0 bridgehead atoms. The van der Waals surface area contributed by atoms with Crippen molar-refractivity contribution >= 4 is 11.8 Å². The molecule has 2 aliphatic rings. The highest BCUT2D eigenvalue weighted by atomic mass is 32.2. The SMILES string of the molecule is CC1CCC1NC1CCSC1C. The summed E-state index contributed by atoms with van der Waals surface area (Å²) in [4.78, 5) is 0. The zero-order valence-electron chi connectivity index (χ0n) is 8.05. The molecule has 4 unspecified atom stereocenters. The Hall–Kier alpha value is 0.310. The maximum absolute atomic E-state index is 3.79. The molecular formula is C10H19NS. The van der Waals surface area contributed by atoms with Gasteiger partial charge in [0.2, 0.25) is 0 Å². The molecule has 0 amide bonds. The van der Waals surface area contributed by atoms with E-state index in [1.165, 1.54) is 25.0 Å². The van der Waals surface area contributed by atoms with Crippen LogP contribution in [-0.2, 0) is 0 Å². The first-order chi connectivity index (χ1) is 5.77. The Kier molecular flexibility index (Phi) is 2.66. The van der Waals surface area contributed by atoms with Gasteiger partial charge in [-0.25, -0.2) is 0 Å². The van der Waals surface area contributed by atoms with Crippen molar-refractivity contribution in [2.45, 2.75) is 50.4 Å². The van der Waals surface area contributed by atoms with Gasteiger partial charge in [-0.1, -0.05) is 13.8 Å². The second kappa shape index (κ2) is 3.59. The van der Waals surface area contributed by atoms with Crippen LogP contribution in [0.4, 0.5) is 0 Å². The lowest BCUT2D eigenvalue weighted by atomic mass is 9.80. The zero-order valence-corrected chi connectivity index (χ0v) is 8.86. The van der Waals surface area contributed by atoms with Crippen LogP contribution in [0, 0.1) is 5.92 Å². The monoisotopic (exact) mass is 185 g/mol. The van der Waals surface area contributed by atoms with Crippen molar-refractivity contribution in [3.63, 3.8) is 0 Å². The van der Waals surface area contributed by atoms with Gasteiger partial charge in [0, 0.05) is 17.3 Å². The molecule has 0 spiro atoms. The van der Waals surface area contributed by atoms with Gasteiger partial charge in [0.05, 0.1) is 0 Å². The van der Waals surface area contributed by atoms with E-state index in [2.05, 4.69) is 30.9 Å². The molecule has 70 valence electrons. The summed E-state index contributed by atoms with van der Waals surface area (Å²) < 4.78 is 0. The van der Waals surface area contributed by atoms with E-state index in [-0.39, 0.29) is 0 Å². The number of nitrogens with one attached hydrogen (secondary N) is 1. The van der Waals surface area contributed by atoms with Gasteiger partial charge in [-0.05, 0) is 30.9 Å². The van der Waals surface area contributed by atoms with E-state index in [1.54, 1.807) is 0 Å². The van der Waals surface area contributed by atoms with Crippen LogP contribution in [0.1, 0.15) is 33.1 Å². The third-order valence-corrected chi connectivity index (χ3v) is 4.75. The van der Waals surface area contributed by atoms with Gasteiger partial charge in [0.15, 0.2) is 0 Å². The maximum Gasteiger partial charge on any atom is 0.0194 e. The van der Waals surface area contributed by atoms with E-state index in [9.17, 15) is 0 Å². The van der Waals surface area contributed by atoms with Crippen LogP contribution in [0.2, 0.25) is 0 Å². The van der Waals surface area contributed by atoms with Crippen molar-refractivity contribution in [3.8, 4) is 0 Å². The summed E-state index contributed by atoms with van der Waals surface area (Å²) in [6.07, 6.45) is 4.23. The molecule has 0 aromatic carbocycles. The lowest BCUT2D eigenvalue weighted by Gasteiger charge is -2.37. The van der Waals surface area contributed by atoms with Crippen LogP contribution in [-0.4, -0.2) is 23.1 Å². The molecule has 1 N–H and O–H groups in total. The molecular weight excluding hydrogens is 166 g/mol. The summed E-state index contributed by atoms with van der Waals surface area (Å²) in [6, 6.07) is 1.65. The maximum atomic E-state index is 3.79. The predicted octanol–water partition coefficient (Wildman–Crippen LogP) is 2.27. The van der Waals surface area contributed by atoms with Crippen molar-refractivity contribution < 1.29 is 0 Å². The van der Waals surface area contributed by atoms with E-state index in [4.69, 9.17) is 0 Å². The van der Waals surface area contributed by atoms with Gasteiger partial charge in [-0.3, -0.25) is 0 Å². The normalized spacial score (nSPS) is 47.5. The summed E-state index contributed by atoms with van der Waals surface area (Å²) in [5.74, 6) is 2.29. The first-order valence-electron chi connectivity index (χ1n) is 5.15. The highest BCUT2D eigenvalue weighted by Crippen LogP contribution is 2.31. The smallest absolute Gasteiger partial charge is 0.0194 e. The summed E-state index contributed by atoms with van der Waals surface area (Å²) in [5.41, 5.74) is 0. The van der Waals surface area contributed by atoms with E-state index in [0.29, 0.717) is 0 Å². The van der Waals surface area contributed by atoms with E-state index >= 15 is 0 Å². The van der Waals surface area contributed by atoms with Crippen molar-refractivity contribution in [1.29, 1.82) is 0 Å². The number of hydrogen-bond acceptors (Lipinski definition) is 2. The minimum atomic E-state index is 0.808. The van der Waals surface area contributed by atoms with E-state index in [1.807, 2.05) is 0 Å². The summed E-state index contributed by atoms with van der Waals surface area (Å²) in [6.45, 7) is 4.73. The fourth-order valence-electron chi connectivity index (χ4n) is 2.14. The van der Waals surface area contributed by atoms with Crippen molar-refractivity contribution in [2.75, 3.05) is 5.75 Å². The molecule has 1 aliphatic heterocycles. The van der Waals surface area contributed by atoms with Crippen LogP contribution in [0.25, 0.3) is 0 Å².